The van der Waals surface area contributed by atoms with Crippen LogP contribution < -0.4 is 0 Å². The minimum absolute atomic E-state index is 0.104. The van der Waals surface area contributed by atoms with Crippen molar-refractivity contribution in [3.05, 3.63) is 53.9 Å². The zero-order chi connectivity index (χ0) is 17.2. The Morgan fingerprint density at radius 2 is 2.08 bits per heavy atom. The second-order valence-corrected chi connectivity index (χ2v) is 6.21. The third kappa shape index (κ3) is 3.02. The molecular formula is C19H16N4O2. The Balaban J connectivity index is 1.68. The van der Waals surface area contributed by atoms with Gasteiger partial charge >= 0.3 is 0 Å². The molecule has 0 radical (unpaired) electrons. The SMILES string of the molecule is N#Cc1ccc(-c2cc(C(=O)CCC3COC3)cc3ncnn23)cc1. The zero-order valence-corrected chi connectivity index (χ0v) is 13.6. The molecule has 124 valence electrons. The number of carbonyl (C=O) groups is 1. The fraction of sp³-hybridized carbons (Fsp3) is 0.263. The second-order valence-electron chi connectivity index (χ2n) is 6.21. The molecule has 3 aromatic rings. The van der Waals surface area contributed by atoms with E-state index in [0.717, 1.165) is 30.9 Å². The lowest BCUT2D eigenvalue weighted by Crippen LogP contribution is -2.27. The van der Waals surface area contributed by atoms with Crippen LogP contribution in [0.5, 0.6) is 0 Å². The number of Topliss-reactive ketones (excluding diaryl/α,β-unsaturated/α-hetero) is 1. The van der Waals surface area contributed by atoms with Crippen LogP contribution in [0.15, 0.2) is 42.7 Å². The van der Waals surface area contributed by atoms with Crippen molar-refractivity contribution >= 4 is 11.4 Å². The molecule has 1 fully saturated rings. The summed E-state index contributed by atoms with van der Waals surface area (Å²) in [6.45, 7) is 1.51. The van der Waals surface area contributed by atoms with Crippen molar-refractivity contribution in [2.45, 2.75) is 12.8 Å². The number of benzene rings is 1. The molecule has 6 heteroatoms. The van der Waals surface area contributed by atoms with Gasteiger partial charge in [-0.25, -0.2) is 9.50 Å². The summed E-state index contributed by atoms with van der Waals surface area (Å²) in [5.41, 5.74) is 3.54. The van der Waals surface area contributed by atoms with Gasteiger partial charge in [-0.2, -0.15) is 10.4 Å². The summed E-state index contributed by atoms with van der Waals surface area (Å²) >= 11 is 0. The first-order valence-corrected chi connectivity index (χ1v) is 8.20. The quantitative estimate of drug-likeness (QED) is 0.671. The minimum Gasteiger partial charge on any atom is -0.381 e. The second kappa shape index (κ2) is 6.46. The molecular weight excluding hydrogens is 316 g/mol. The highest BCUT2D eigenvalue weighted by atomic mass is 16.5. The molecule has 0 amide bonds. The summed E-state index contributed by atoms with van der Waals surface area (Å²) in [6, 6.07) is 13.0. The molecule has 1 aromatic carbocycles. The Bertz CT molecular complexity index is 965. The topological polar surface area (TPSA) is 80.3 Å². The van der Waals surface area contributed by atoms with Crippen molar-refractivity contribution in [3.8, 4) is 17.3 Å². The lowest BCUT2D eigenvalue weighted by atomic mass is 9.97. The first-order valence-electron chi connectivity index (χ1n) is 8.20. The number of nitrogens with zero attached hydrogens (tertiary/aromatic N) is 4. The van der Waals surface area contributed by atoms with E-state index in [0.29, 0.717) is 29.1 Å². The van der Waals surface area contributed by atoms with Gasteiger partial charge in [-0.1, -0.05) is 12.1 Å². The molecule has 6 nitrogen and oxygen atoms in total. The smallest absolute Gasteiger partial charge is 0.163 e. The molecule has 0 N–H and O–H groups in total. The van der Waals surface area contributed by atoms with Gasteiger partial charge in [-0.15, -0.1) is 0 Å². The van der Waals surface area contributed by atoms with Crippen molar-refractivity contribution in [2.75, 3.05) is 13.2 Å². The Morgan fingerprint density at radius 1 is 1.28 bits per heavy atom. The van der Waals surface area contributed by atoms with E-state index in [1.807, 2.05) is 18.2 Å². The van der Waals surface area contributed by atoms with Crippen molar-refractivity contribution in [1.82, 2.24) is 14.6 Å². The fourth-order valence-electron chi connectivity index (χ4n) is 2.94. The summed E-state index contributed by atoms with van der Waals surface area (Å²) in [4.78, 5) is 16.8. The van der Waals surface area contributed by atoms with Crippen molar-refractivity contribution in [2.24, 2.45) is 5.92 Å². The number of hydrogen-bond donors (Lipinski definition) is 0. The molecule has 0 spiro atoms. The maximum absolute atomic E-state index is 12.6. The van der Waals surface area contributed by atoms with Gasteiger partial charge in [-0.05, 0) is 30.7 Å². The lowest BCUT2D eigenvalue weighted by molar-refractivity contribution is -0.0353. The molecule has 25 heavy (non-hydrogen) atoms. The number of ketones is 1. The molecule has 0 unspecified atom stereocenters. The van der Waals surface area contributed by atoms with Gasteiger partial charge in [-0.3, -0.25) is 4.79 Å². The van der Waals surface area contributed by atoms with Gasteiger partial charge < -0.3 is 4.74 Å². The van der Waals surface area contributed by atoms with Crippen LogP contribution in [-0.2, 0) is 4.74 Å². The number of pyridine rings is 1. The predicted octanol–water partition coefficient (Wildman–Crippen LogP) is 2.88. The number of nitriles is 1. The van der Waals surface area contributed by atoms with Gasteiger partial charge in [0.1, 0.15) is 6.33 Å². The summed E-state index contributed by atoms with van der Waals surface area (Å²) < 4.78 is 6.87. The first-order chi connectivity index (χ1) is 12.2. The van der Waals surface area contributed by atoms with E-state index in [9.17, 15) is 4.79 Å². The highest BCUT2D eigenvalue weighted by Gasteiger charge is 2.20. The molecule has 1 aliphatic rings. The average Bonchev–Trinajstić information content (AvgIpc) is 3.08. The lowest BCUT2D eigenvalue weighted by Gasteiger charge is -2.25. The van der Waals surface area contributed by atoms with E-state index in [1.54, 1.807) is 22.7 Å². The maximum atomic E-state index is 12.6. The van der Waals surface area contributed by atoms with Crippen LogP contribution in [0.25, 0.3) is 16.9 Å². The zero-order valence-electron chi connectivity index (χ0n) is 13.6. The summed E-state index contributed by atoms with van der Waals surface area (Å²) in [5.74, 6) is 0.603. The number of aromatic nitrogens is 3. The monoisotopic (exact) mass is 332 g/mol. The Morgan fingerprint density at radius 3 is 2.76 bits per heavy atom. The highest BCUT2D eigenvalue weighted by Crippen LogP contribution is 2.24. The van der Waals surface area contributed by atoms with E-state index in [1.165, 1.54) is 6.33 Å². The van der Waals surface area contributed by atoms with Gasteiger partial charge in [0, 0.05) is 23.5 Å². The summed E-state index contributed by atoms with van der Waals surface area (Å²) in [7, 11) is 0. The van der Waals surface area contributed by atoms with Crippen LogP contribution >= 0.6 is 0 Å². The van der Waals surface area contributed by atoms with E-state index in [-0.39, 0.29) is 5.78 Å². The van der Waals surface area contributed by atoms with E-state index in [4.69, 9.17) is 10.00 Å². The van der Waals surface area contributed by atoms with Crippen LogP contribution in [0.3, 0.4) is 0 Å². The normalized spacial score (nSPS) is 14.2. The van der Waals surface area contributed by atoms with E-state index < -0.39 is 0 Å². The Kier molecular flexibility index (Phi) is 4.00. The number of fused-ring (bicyclic) bond motifs is 1. The molecule has 2 aromatic heterocycles. The van der Waals surface area contributed by atoms with Crippen LogP contribution in [0.1, 0.15) is 28.8 Å². The maximum Gasteiger partial charge on any atom is 0.163 e. The molecule has 4 rings (SSSR count). The van der Waals surface area contributed by atoms with Crippen LogP contribution in [0.4, 0.5) is 0 Å². The molecule has 1 aliphatic heterocycles. The number of carbonyl (C=O) groups excluding carboxylic acids is 1. The third-order valence-electron chi connectivity index (χ3n) is 4.50. The van der Waals surface area contributed by atoms with E-state index in [2.05, 4.69) is 16.2 Å². The molecule has 3 heterocycles. The highest BCUT2D eigenvalue weighted by molar-refractivity contribution is 5.98. The number of hydrogen-bond acceptors (Lipinski definition) is 5. The van der Waals surface area contributed by atoms with Crippen molar-refractivity contribution < 1.29 is 9.53 Å². The summed E-state index contributed by atoms with van der Waals surface area (Å²) in [5, 5.41) is 13.2. The molecule has 1 saturated heterocycles. The molecule has 0 atom stereocenters. The standard InChI is InChI=1S/C19H16N4O2/c20-9-13-1-4-15(5-2-13)17-7-16(8-19-21-12-22-23(17)19)18(24)6-3-14-10-25-11-14/h1-2,4-5,7-8,12,14H,3,6,10-11H2. The third-order valence-corrected chi connectivity index (χ3v) is 4.50. The Hall–Kier alpha value is -3.04. The van der Waals surface area contributed by atoms with E-state index >= 15 is 0 Å². The van der Waals surface area contributed by atoms with Crippen LogP contribution in [0, 0.1) is 17.2 Å². The first kappa shape index (κ1) is 15.5. The Labute approximate surface area is 144 Å². The fourth-order valence-corrected chi connectivity index (χ4v) is 2.94. The molecule has 0 aliphatic carbocycles. The predicted molar refractivity (Wildman–Crippen MR) is 91.0 cm³/mol. The van der Waals surface area contributed by atoms with Crippen molar-refractivity contribution in [3.63, 3.8) is 0 Å². The molecule has 0 saturated carbocycles. The number of ether oxygens (including phenoxy) is 1. The van der Waals surface area contributed by atoms with Crippen LogP contribution in [-0.4, -0.2) is 33.6 Å². The van der Waals surface area contributed by atoms with Gasteiger partial charge in [0.2, 0.25) is 0 Å². The number of rotatable bonds is 5. The van der Waals surface area contributed by atoms with Gasteiger partial charge in [0.25, 0.3) is 0 Å². The largest absolute Gasteiger partial charge is 0.381 e. The summed E-state index contributed by atoms with van der Waals surface area (Å²) in [6.07, 6.45) is 2.83. The van der Waals surface area contributed by atoms with Gasteiger partial charge in [0.05, 0.1) is 30.5 Å². The minimum atomic E-state index is 0.104. The molecule has 0 bridgehead atoms. The van der Waals surface area contributed by atoms with Crippen molar-refractivity contribution in [1.29, 1.82) is 5.26 Å². The van der Waals surface area contributed by atoms with Gasteiger partial charge in [0.15, 0.2) is 11.4 Å². The average molecular weight is 332 g/mol. The van der Waals surface area contributed by atoms with Crippen LogP contribution in [0.2, 0.25) is 0 Å².